The minimum atomic E-state index is -3.43. The summed E-state index contributed by atoms with van der Waals surface area (Å²) in [5, 5.41) is 6.18. The zero-order valence-electron chi connectivity index (χ0n) is 12.9. The highest BCUT2D eigenvalue weighted by Gasteiger charge is 2.22. The van der Waals surface area contributed by atoms with E-state index in [0.717, 1.165) is 31.4 Å². The van der Waals surface area contributed by atoms with Gasteiger partial charge >= 0.3 is 0 Å². The van der Waals surface area contributed by atoms with Crippen LogP contribution in [0.5, 0.6) is 0 Å². The summed E-state index contributed by atoms with van der Waals surface area (Å²) in [7, 11) is -2.05. The van der Waals surface area contributed by atoms with E-state index < -0.39 is 10.0 Å². The van der Waals surface area contributed by atoms with Crippen molar-refractivity contribution in [3.63, 3.8) is 0 Å². The topological polar surface area (TPSA) is 87.3 Å². The molecule has 0 saturated carbocycles. The molecule has 2 atom stereocenters. The SMILES string of the molecule is CNS(=O)(=O)c1ccc(C(C)NC(=O)C2CCCCN2)cc1. The molecule has 1 fully saturated rings. The van der Waals surface area contributed by atoms with Crippen molar-refractivity contribution in [2.24, 2.45) is 0 Å². The van der Waals surface area contributed by atoms with Gasteiger partial charge in [-0.2, -0.15) is 0 Å². The Bertz CT molecular complexity index is 607. The molecule has 0 aliphatic carbocycles. The van der Waals surface area contributed by atoms with Gasteiger partial charge in [-0.3, -0.25) is 4.79 Å². The molecule has 1 aliphatic rings. The number of piperidine rings is 1. The Balaban J connectivity index is 2.00. The van der Waals surface area contributed by atoms with E-state index in [-0.39, 0.29) is 22.9 Å². The predicted molar refractivity (Wildman–Crippen MR) is 84.9 cm³/mol. The third-order valence-electron chi connectivity index (χ3n) is 3.94. The van der Waals surface area contributed by atoms with Gasteiger partial charge in [-0.1, -0.05) is 18.6 Å². The molecule has 1 heterocycles. The number of nitrogens with one attached hydrogen (secondary N) is 3. The molecule has 1 saturated heterocycles. The largest absolute Gasteiger partial charge is 0.348 e. The van der Waals surface area contributed by atoms with Gasteiger partial charge in [0.05, 0.1) is 17.0 Å². The van der Waals surface area contributed by atoms with Gasteiger partial charge in [0, 0.05) is 0 Å². The summed E-state index contributed by atoms with van der Waals surface area (Å²) in [5.74, 6) is -0.000812. The van der Waals surface area contributed by atoms with Crippen molar-refractivity contribution in [1.29, 1.82) is 0 Å². The minimum absolute atomic E-state index is 0.000812. The van der Waals surface area contributed by atoms with E-state index in [1.165, 1.54) is 7.05 Å². The van der Waals surface area contributed by atoms with E-state index in [9.17, 15) is 13.2 Å². The van der Waals surface area contributed by atoms with Gasteiger partial charge < -0.3 is 10.6 Å². The molecular formula is C15H23N3O3S. The summed E-state index contributed by atoms with van der Waals surface area (Å²) in [4.78, 5) is 12.4. The van der Waals surface area contributed by atoms with Gasteiger partial charge in [0.2, 0.25) is 15.9 Å². The monoisotopic (exact) mass is 325 g/mol. The van der Waals surface area contributed by atoms with Crippen LogP contribution in [0.1, 0.15) is 37.8 Å². The second kappa shape index (κ2) is 7.21. The van der Waals surface area contributed by atoms with Gasteiger partial charge in [-0.15, -0.1) is 0 Å². The molecule has 1 aromatic carbocycles. The first-order chi connectivity index (χ1) is 10.4. The molecule has 0 aromatic heterocycles. The fraction of sp³-hybridized carbons (Fsp3) is 0.533. The van der Waals surface area contributed by atoms with Crippen molar-refractivity contribution in [3.05, 3.63) is 29.8 Å². The van der Waals surface area contributed by atoms with Crippen molar-refractivity contribution in [3.8, 4) is 0 Å². The van der Waals surface area contributed by atoms with Crippen LogP contribution in [0.15, 0.2) is 29.2 Å². The minimum Gasteiger partial charge on any atom is -0.348 e. The van der Waals surface area contributed by atoms with Crippen molar-refractivity contribution in [2.45, 2.75) is 43.2 Å². The smallest absolute Gasteiger partial charge is 0.240 e. The van der Waals surface area contributed by atoms with E-state index in [0.29, 0.717) is 0 Å². The molecule has 2 rings (SSSR count). The Kier molecular flexibility index (Phi) is 5.55. The van der Waals surface area contributed by atoms with Crippen molar-refractivity contribution >= 4 is 15.9 Å². The van der Waals surface area contributed by atoms with E-state index in [1.54, 1.807) is 24.3 Å². The fourth-order valence-electron chi connectivity index (χ4n) is 2.53. The molecule has 2 unspecified atom stereocenters. The maximum atomic E-state index is 12.2. The second-order valence-corrected chi connectivity index (χ2v) is 7.40. The zero-order valence-corrected chi connectivity index (χ0v) is 13.7. The molecule has 0 bridgehead atoms. The number of carbonyl (C=O) groups is 1. The highest BCUT2D eigenvalue weighted by atomic mass is 32.2. The van der Waals surface area contributed by atoms with Crippen molar-refractivity contribution < 1.29 is 13.2 Å². The highest BCUT2D eigenvalue weighted by Crippen LogP contribution is 2.17. The Morgan fingerprint density at radius 2 is 1.95 bits per heavy atom. The third-order valence-corrected chi connectivity index (χ3v) is 5.37. The van der Waals surface area contributed by atoms with Crippen molar-refractivity contribution in [1.82, 2.24) is 15.4 Å². The van der Waals surface area contributed by atoms with Crippen LogP contribution in [-0.2, 0) is 14.8 Å². The third kappa shape index (κ3) is 4.06. The number of amides is 1. The van der Waals surface area contributed by atoms with Crippen LogP contribution in [0.4, 0.5) is 0 Å². The van der Waals surface area contributed by atoms with Crippen LogP contribution >= 0.6 is 0 Å². The lowest BCUT2D eigenvalue weighted by molar-refractivity contribution is -0.124. The first kappa shape index (κ1) is 16.9. The molecule has 122 valence electrons. The van der Waals surface area contributed by atoms with Crippen molar-refractivity contribution in [2.75, 3.05) is 13.6 Å². The van der Waals surface area contributed by atoms with Gasteiger partial charge in [0.15, 0.2) is 0 Å². The summed E-state index contributed by atoms with van der Waals surface area (Å²) in [6.45, 7) is 2.77. The first-order valence-electron chi connectivity index (χ1n) is 7.51. The Labute approximate surface area is 131 Å². The van der Waals surface area contributed by atoms with Gasteiger partial charge in [-0.05, 0) is 51.1 Å². The molecule has 22 heavy (non-hydrogen) atoms. The first-order valence-corrected chi connectivity index (χ1v) is 8.99. The van der Waals surface area contributed by atoms with Gasteiger partial charge in [-0.25, -0.2) is 13.1 Å². The number of sulfonamides is 1. The number of hydrogen-bond donors (Lipinski definition) is 3. The number of benzene rings is 1. The summed E-state index contributed by atoms with van der Waals surface area (Å²) in [5.41, 5.74) is 0.874. The van der Waals surface area contributed by atoms with Crippen LogP contribution < -0.4 is 15.4 Å². The van der Waals surface area contributed by atoms with E-state index >= 15 is 0 Å². The molecular weight excluding hydrogens is 302 g/mol. The summed E-state index contributed by atoms with van der Waals surface area (Å²) in [6, 6.07) is 6.25. The van der Waals surface area contributed by atoms with Crippen LogP contribution in [0, 0.1) is 0 Å². The molecule has 3 N–H and O–H groups in total. The number of rotatable bonds is 5. The van der Waals surface area contributed by atoms with E-state index in [4.69, 9.17) is 0 Å². The van der Waals surface area contributed by atoms with Crippen LogP contribution in [-0.4, -0.2) is 34.0 Å². The van der Waals surface area contributed by atoms with Crippen LogP contribution in [0.25, 0.3) is 0 Å². The molecule has 1 amide bonds. The lowest BCUT2D eigenvalue weighted by Crippen LogP contribution is -2.47. The standard InChI is InChI=1S/C15H23N3O3S/c1-11(18-15(19)14-5-3-4-10-17-14)12-6-8-13(9-7-12)22(20,21)16-2/h6-9,11,14,16-17H,3-5,10H2,1-2H3,(H,18,19). The number of hydrogen-bond acceptors (Lipinski definition) is 4. The van der Waals surface area contributed by atoms with E-state index in [1.807, 2.05) is 6.92 Å². The second-order valence-electron chi connectivity index (χ2n) is 5.51. The lowest BCUT2D eigenvalue weighted by atomic mass is 10.0. The maximum absolute atomic E-state index is 12.2. The average molecular weight is 325 g/mol. The van der Waals surface area contributed by atoms with Gasteiger partial charge in [0.25, 0.3) is 0 Å². The van der Waals surface area contributed by atoms with E-state index in [2.05, 4.69) is 15.4 Å². The Hall–Kier alpha value is -1.44. The molecule has 7 heteroatoms. The Morgan fingerprint density at radius 1 is 1.27 bits per heavy atom. The molecule has 0 spiro atoms. The summed E-state index contributed by atoms with van der Waals surface area (Å²) >= 11 is 0. The summed E-state index contributed by atoms with van der Waals surface area (Å²) < 4.78 is 25.6. The highest BCUT2D eigenvalue weighted by molar-refractivity contribution is 7.89. The maximum Gasteiger partial charge on any atom is 0.240 e. The van der Waals surface area contributed by atoms with Crippen LogP contribution in [0.3, 0.4) is 0 Å². The number of carbonyl (C=O) groups excluding carboxylic acids is 1. The van der Waals surface area contributed by atoms with Crippen LogP contribution in [0.2, 0.25) is 0 Å². The summed E-state index contributed by atoms with van der Waals surface area (Å²) in [6.07, 6.45) is 3.04. The zero-order chi connectivity index (χ0) is 16.2. The lowest BCUT2D eigenvalue weighted by Gasteiger charge is -2.24. The fourth-order valence-corrected chi connectivity index (χ4v) is 3.26. The Morgan fingerprint density at radius 3 is 2.50 bits per heavy atom. The molecule has 1 aliphatic heterocycles. The predicted octanol–water partition coefficient (Wildman–Crippen LogP) is 0.914. The normalized spacial score (nSPS) is 20.4. The van der Waals surface area contributed by atoms with Gasteiger partial charge in [0.1, 0.15) is 0 Å². The molecule has 1 aromatic rings. The average Bonchev–Trinajstić information content (AvgIpc) is 2.55. The molecule has 0 radical (unpaired) electrons. The molecule has 6 nitrogen and oxygen atoms in total. The quantitative estimate of drug-likeness (QED) is 0.751.